The Hall–Kier alpha value is -1.89. The summed E-state index contributed by atoms with van der Waals surface area (Å²) in [5.41, 5.74) is 1.10. The maximum absolute atomic E-state index is 12.5. The molecular formula is C20H24ClN3O2S. The predicted octanol–water partition coefficient (Wildman–Crippen LogP) is 3.47. The zero-order valence-electron chi connectivity index (χ0n) is 15.3. The van der Waals surface area contributed by atoms with Crippen molar-refractivity contribution in [1.82, 2.24) is 15.5 Å². The minimum absolute atomic E-state index is 0.0790. The number of carbonyl (C=O) groups is 2. The third kappa shape index (κ3) is 5.31. The van der Waals surface area contributed by atoms with E-state index in [9.17, 15) is 9.59 Å². The monoisotopic (exact) mass is 405 g/mol. The van der Waals surface area contributed by atoms with E-state index in [0.29, 0.717) is 16.4 Å². The summed E-state index contributed by atoms with van der Waals surface area (Å²) >= 11 is 7.52. The number of amides is 2. The summed E-state index contributed by atoms with van der Waals surface area (Å²) in [6.07, 6.45) is 2.33. The van der Waals surface area contributed by atoms with Crippen LogP contribution in [0.2, 0.25) is 5.02 Å². The van der Waals surface area contributed by atoms with Crippen molar-refractivity contribution in [2.24, 2.45) is 0 Å². The third-order valence-corrected chi connectivity index (χ3v) is 5.87. The van der Waals surface area contributed by atoms with Crippen LogP contribution in [0.4, 0.5) is 0 Å². The number of hydrogen-bond donors (Lipinski definition) is 2. The smallest absolute Gasteiger partial charge is 0.261 e. The normalized spacial score (nSPS) is 16.7. The molecule has 2 atom stereocenters. The Morgan fingerprint density at radius 2 is 2.00 bits per heavy atom. The van der Waals surface area contributed by atoms with Gasteiger partial charge in [-0.2, -0.15) is 0 Å². The molecule has 1 saturated heterocycles. The van der Waals surface area contributed by atoms with Gasteiger partial charge in [0.1, 0.15) is 6.04 Å². The van der Waals surface area contributed by atoms with Gasteiger partial charge in [0.25, 0.3) is 5.91 Å². The molecule has 0 aliphatic carbocycles. The number of hydrogen-bond acceptors (Lipinski definition) is 4. The summed E-state index contributed by atoms with van der Waals surface area (Å²) in [7, 11) is 0. The van der Waals surface area contributed by atoms with Gasteiger partial charge in [-0.15, -0.1) is 11.3 Å². The van der Waals surface area contributed by atoms with Gasteiger partial charge < -0.3 is 10.6 Å². The molecule has 2 heterocycles. The molecule has 1 aliphatic rings. The maximum Gasteiger partial charge on any atom is 0.261 e. The maximum atomic E-state index is 12.5. The Labute approximate surface area is 168 Å². The second-order valence-corrected chi connectivity index (χ2v) is 8.12. The molecule has 2 N–H and O–H groups in total. The van der Waals surface area contributed by atoms with Crippen LogP contribution in [0.5, 0.6) is 0 Å². The SMILES string of the molecule is CC(NC(=O)c1cccs1)C(=O)NCC(c1cccc(Cl)c1)N1CCCC1. The van der Waals surface area contributed by atoms with Crippen LogP contribution in [0.15, 0.2) is 41.8 Å². The van der Waals surface area contributed by atoms with Gasteiger partial charge in [-0.1, -0.05) is 29.8 Å². The van der Waals surface area contributed by atoms with Crippen molar-refractivity contribution in [3.05, 3.63) is 57.2 Å². The predicted molar refractivity (Wildman–Crippen MR) is 109 cm³/mol. The summed E-state index contributed by atoms with van der Waals surface area (Å²) in [4.78, 5) is 27.6. The molecule has 3 rings (SSSR count). The van der Waals surface area contributed by atoms with E-state index in [2.05, 4.69) is 15.5 Å². The Balaban J connectivity index is 1.60. The van der Waals surface area contributed by atoms with Gasteiger partial charge in [-0.3, -0.25) is 14.5 Å². The average Bonchev–Trinajstić information content (AvgIpc) is 3.36. The Kier molecular flexibility index (Phi) is 6.88. The molecule has 0 bridgehead atoms. The van der Waals surface area contributed by atoms with Gasteiger partial charge in [0.2, 0.25) is 5.91 Å². The van der Waals surface area contributed by atoms with Crippen LogP contribution in [0.25, 0.3) is 0 Å². The molecular weight excluding hydrogens is 382 g/mol. The summed E-state index contributed by atoms with van der Waals surface area (Å²) < 4.78 is 0. The van der Waals surface area contributed by atoms with Gasteiger partial charge in [0.15, 0.2) is 0 Å². The van der Waals surface area contributed by atoms with Crippen molar-refractivity contribution in [3.63, 3.8) is 0 Å². The van der Waals surface area contributed by atoms with E-state index in [-0.39, 0.29) is 17.9 Å². The molecule has 1 fully saturated rings. The zero-order chi connectivity index (χ0) is 19.2. The van der Waals surface area contributed by atoms with Gasteiger partial charge in [-0.05, 0) is 62.0 Å². The van der Waals surface area contributed by atoms with Gasteiger partial charge in [0, 0.05) is 11.6 Å². The summed E-state index contributed by atoms with van der Waals surface area (Å²) in [5, 5.41) is 8.27. The highest BCUT2D eigenvalue weighted by molar-refractivity contribution is 7.12. The van der Waals surface area contributed by atoms with Gasteiger partial charge >= 0.3 is 0 Å². The molecule has 0 spiro atoms. The molecule has 2 aromatic rings. The Morgan fingerprint density at radius 3 is 2.67 bits per heavy atom. The average molecular weight is 406 g/mol. The molecule has 5 nitrogen and oxygen atoms in total. The molecule has 144 valence electrons. The second-order valence-electron chi connectivity index (χ2n) is 6.73. The summed E-state index contributed by atoms with van der Waals surface area (Å²) in [6.45, 7) is 4.21. The molecule has 27 heavy (non-hydrogen) atoms. The van der Waals surface area contributed by atoms with Crippen LogP contribution < -0.4 is 10.6 Å². The van der Waals surface area contributed by atoms with Crippen LogP contribution in [0.1, 0.15) is 41.0 Å². The van der Waals surface area contributed by atoms with Crippen LogP contribution >= 0.6 is 22.9 Å². The highest BCUT2D eigenvalue weighted by Gasteiger charge is 2.25. The summed E-state index contributed by atoms with van der Waals surface area (Å²) in [6, 6.07) is 10.8. The van der Waals surface area contributed by atoms with Crippen LogP contribution in [0, 0.1) is 0 Å². The van der Waals surface area contributed by atoms with Crippen molar-refractivity contribution in [2.75, 3.05) is 19.6 Å². The number of likely N-dealkylation sites (tertiary alicyclic amines) is 1. The van der Waals surface area contributed by atoms with E-state index < -0.39 is 6.04 Å². The quantitative estimate of drug-likeness (QED) is 0.741. The molecule has 0 radical (unpaired) electrons. The van der Waals surface area contributed by atoms with E-state index >= 15 is 0 Å². The largest absolute Gasteiger partial charge is 0.352 e. The minimum Gasteiger partial charge on any atom is -0.352 e. The first kappa shape index (κ1) is 19.9. The highest BCUT2D eigenvalue weighted by atomic mass is 35.5. The second kappa shape index (κ2) is 9.35. The molecule has 0 saturated carbocycles. The number of rotatable bonds is 7. The van der Waals surface area contributed by atoms with E-state index in [1.807, 2.05) is 35.7 Å². The van der Waals surface area contributed by atoms with Gasteiger partial charge in [0.05, 0.1) is 10.9 Å². The first-order valence-electron chi connectivity index (χ1n) is 9.16. The van der Waals surface area contributed by atoms with Crippen molar-refractivity contribution >= 4 is 34.8 Å². The number of carbonyl (C=O) groups excluding carboxylic acids is 2. The molecule has 2 unspecified atom stereocenters. The molecule has 7 heteroatoms. The lowest BCUT2D eigenvalue weighted by atomic mass is 10.1. The lowest BCUT2D eigenvalue weighted by molar-refractivity contribution is -0.122. The Morgan fingerprint density at radius 1 is 1.22 bits per heavy atom. The standard InChI is InChI=1S/C20H24ClN3O2S/c1-14(23-20(26)18-8-5-11-27-18)19(25)22-13-17(24-9-2-3-10-24)15-6-4-7-16(21)12-15/h4-8,11-12,14,17H,2-3,9-10,13H2,1H3,(H,22,25)(H,23,26). The lowest BCUT2D eigenvalue weighted by Crippen LogP contribution is -2.47. The first-order valence-corrected chi connectivity index (χ1v) is 10.4. The van der Waals surface area contributed by atoms with E-state index in [1.54, 1.807) is 13.0 Å². The van der Waals surface area contributed by atoms with Crippen molar-refractivity contribution in [1.29, 1.82) is 0 Å². The van der Waals surface area contributed by atoms with E-state index in [4.69, 9.17) is 11.6 Å². The number of thiophene rings is 1. The van der Waals surface area contributed by atoms with Crippen LogP contribution in [-0.4, -0.2) is 42.4 Å². The van der Waals surface area contributed by atoms with E-state index in [0.717, 1.165) is 31.5 Å². The fraction of sp³-hybridized carbons (Fsp3) is 0.400. The van der Waals surface area contributed by atoms with Crippen LogP contribution in [0.3, 0.4) is 0 Å². The minimum atomic E-state index is -0.599. The number of nitrogens with zero attached hydrogens (tertiary/aromatic N) is 1. The van der Waals surface area contributed by atoms with Crippen molar-refractivity contribution in [3.8, 4) is 0 Å². The fourth-order valence-corrected chi connectivity index (χ4v) is 4.14. The Bertz CT molecular complexity index is 775. The number of benzene rings is 1. The van der Waals surface area contributed by atoms with Crippen molar-refractivity contribution in [2.45, 2.75) is 31.8 Å². The van der Waals surface area contributed by atoms with Crippen molar-refractivity contribution < 1.29 is 9.59 Å². The van der Waals surface area contributed by atoms with E-state index in [1.165, 1.54) is 11.3 Å². The first-order chi connectivity index (χ1) is 13.0. The van der Waals surface area contributed by atoms with Crippen LogP contribution in [-0.2, 0) is 4.79 Å². The number of halogens is 1. The summed E-state index contributed by atoms with van der Waals surface area (Å²) in [5.74, 6) is -0.412. The molecule has 1 aromatic heterocycles. The third-order valence-electron chi connectivity index (χ3n) is 4.77. The lowest BCUT2D eigenvalue weighted by Gasteiger charge is -2.29. The molecule has 2 amide bonds. The highest BCUT2D eigenvalue weighted by Crippen LogP contribution is 2.26. The van der Waals surface area contributed by atoms with Gasteiger partial charge in [-0.25, -0.2) is 0 Å². The molecule has 1 aliphatic heterocycles. The fourth-order valence-electron chi connectivity index (χ4n) is 3.32. The topological polar surface area (TPSA) is 61.4 Å². The number of nitrogens with one attached hydrogen (secondary N) is 2. The zero-order valence-corrected chi connectivity index (χ0v) is 16.9. The molecule has 1 aromatic carbocycles.